The fourth-order valence-electron chi connectivity index (χ4n) is 2.24. The molecule has 3 aromatic rings. The molecule has 1 aromatic carbocycles. The minimum absolute atomic E-state index is 0.0444. The first-order chi connectivity index (χ1) is 11.6. The van der Waals surface area contributed by atoms with Gasteiger partial charge in [0, 0.05) is 18.9 Å². The molecule has 7 nitrogen and oxygen atoms in total. The Morgan fingerprint density at radius 1 is 1.29 bits per heavy atom. The van der Waals surface area contributed by atoms with E-state index in [1.165, 1.54) is 11.8 Å². The molecule has 0 bridgehead atoms. The number of benzene rings is 1. The lowest BCUT2D eigenvalue weighted by molar-refractivity contribution is -0.119. The van der Waals surface area contributed by atoms with Crippen LogP contribution in [-0.2, 0) is 17.6 Å². The summed E-state index contributed by atoms with van der Waals surface area (Å²) in [6.07, 6.45) is 1.29. The van der Waals surface area contributed by atoms with Crippen molar-refractivity contribution in [3.8, 4) is 0 Å². The highest BCUT2D eigenvalue weighted by Crippen LogP contribution is 2.17. The molecule has 126 valence electrons. The van der Waals surface area contributed by atoms with Gasteiger partial charge in [-0.3, -0.25) is 4.79 Å². The molecule has 0 saturated heterocycles. The predicted octanol–water partition coefficient (Wildman–Crippen LogP) is 2.35. The SMILES string of the molecule is CC(C)NC(=O)CSc1nnc(CCc2nc3ccccc3[nH]2)o1. The maximum atomic E-state index is 11.6. The van der Waals surface area contributed by atoms with Crippen LogP contribution in [0.1, 0.15) is 25.6 Å². The lowest BCUT2D eigenvalue weighted by Crippen LogP contribution is -2.31. The summed E-state index contributed by atoms with van der Waals surface area (Å²) in [5, 5.41) is 11.2. The van der Waals surface area contributed by atoms with Crippen LogP contribution < -0.4 is 5.32 Å². The Balaban J connectivity index is 1.51. The van der Waals surface area contributed by atoms with Crippen LogP contribution in [0.15, 0.2) is 33.9 Å². The van der Waals surface area contributed by atoms with Gasteiger partial charge in [0.2, 0.25) is 11.8 Å². The van der Waals surface area contributed by atoms with Gasteiger partial charge < -0.3 is 14.7 Å². The van der Waals surface area contributed by atoms with E-state index in [-0.39, 0.29) is 17.7 Å². The first-order valence-corrected chi connectivity index (χ1v) is 8.77. The number of nitrogens with one attached hydrogen (secondary N) is 2. The van der Waals surface area contributed by atoms with Crippen LogP contribution >= 0.6 is 11.8 Å². The summed E-state index contributed by atoms with van der Waals surface area (Å²) in [7, 11) is 0. The Labute approximate surface area is 143 Å². The molecule has 0 saturated carbocycles. The second-order valence-corrected chi connectivity index (χ2v) is 6.60. The third-order valence-corrected chi connectivity index (χ3v) is 4.06. The minimum Gasteiger partial charge on any atom is -0.416 e. The molecule has 0 atom stereocenters. The Morgan fingerprint density at radius 2 is 2.12 bits per heavy atom. The van der Waals surface area contributed by atoms with Crippen LogP contribution in [0.3, 0.4) is 0 Å². The molecule has 2 aromatic heterocycles. The van der Waals surface area contributed by atoms with Crippen LogP contribution in [0.5, 0.6) is 0 Å². The maximum Gasteiger partial charge on any atom is 0.277 e. The first-order valence-electron chi connectivity index (χ1n) is 7.78. The molecule has 3 rings (SSSR count). The number of thioether (sulfide) groups is 1. The number of hydrogen-bond acceptors (Lipinski definition) is 6. The first kappa shape index (κ1) is 16.5. The van der Waals surface area contributed by atoms with Crippen molar-refractivity contribution in [3.63, 3.8) is 0 Å². The van der Waals surface area contributed by atoms with Gasteiger partial charge in [0.15, 0.2) is 0 Å². The number of aromatic nitrogens is 4. The standard InChI is InChI=1S/C16H19N5O2S/c1-10(2)17-14(22)9-24-16-21-20-15(23-16)8-7-13-18-11-5-3-4-6-12(11)19-13/h3-6,10H,7-9H2,1-2H3,(H,17,22)(H,18,19). The molecule has 0 aliphatic carbocycles. The van der Waals surface area contributed by atoms with Crippen LogP contribution in [0.4, 0.5) is 0 Å². The molecule has 0 unspecified atom stereocenters. The third-order valence-electron chi connectivity index (χ3n) is 3.24. The largest absolute Gasteiger partial charge is 0.416 e. The summed E-state index contributed by atoms with van der Waals surface area (Å²) in [6.45, 7) is 3.84. The summed E-state index contributed by atoms with van der Waals surface area (Å²) in [5.41, 5.74) is 1.97. The summed E-state index contributed by atoms with van der Waals surface area (Å²) in [5.74, 6) is 1.66. The summed E-state index contributed by atoms with van der Waals surface area (Å²) in [6, 6.07) is 8.03. The molecule has 0 radical (unpaired) electrons. The van der Waals surface area contributed by atoms with E-state index in [2.05, 4.69) is 25.5 Å². The number of hydrogen-bond donors (Lipinski definition) is 2. The molecule has 2 N–H and O–H groups in total. The van der Waals surface area contributed by atoms with E-state index >= 15 is 0 Å². The van der Waals surface area contributed by atoms with Crippen molar-refractivity contribution in [1.29, 1.82) is 0 Å². The predicted molar refractivity (Wildman–Crippen MR) is 91.8 cm³/mol. The number of nitrogens with zero attached hydrogens (tertiary/aromatic N) is 3. The van der Waals surface area contributed by atoms with Gasteiger partial charge in [0.25, 0.3) is 5.22 Å². The van der Waals surface area contributed by atoms with Crippen LogP contribution in [0, 0.1) is 0 Å². The molecule has 8 heteroatoms. The molecule has 2 heterocycles. The number of carbonyl (C=O) groups is 1. The van der Waals surface area contributed by atoms with E-state index in [1.54, 1.807) is 0 Å². The molecule has 0 aliphatic rings. The van der Waals surface area contributed by atoms with E-state index in [0.717, 1.165) is 16.9 Å². The molecule has 0 spiro atoms. The second kappa shape index (κ2) is 7.48. The maximum absolute atomic E-state index is 11.6. The highest BCUT2D eigenvalue weighted by molar-refractivity contribution is 7.99. The van der Waals surface area contributed by atoms with E-state index in [1.807, 2.05) is 38.1 Å². The van der Waals surface area contributed by atoms with Gasteiger partial charge in [-0.15, -0.1) is 10.2 Å². The molecule has 1 amide bonds. The topological polar surface area (TPSA) is 96.7 Å². The number of imidazole rings is 1. The van der Waals surface area contributed by atoms with Crippen molar-refractivity contribution in [2.24, 2.45) is 0 Å². The van der Waals surface area contributed by atoms with Gasteiger partial charge in [-0.1, -0.05) is 23.9 Å². The highest BCUT2D eigenvalue weighted by atomic mass is 32.2. The van der Waals surface area contributed by atoms with Crippen molar-refractivity contribution in [2.75, 3.05) is 5.75 Å². The van der Waals surface area contributed by atoms with E-state index < -0.39 is 0 Å². The minimum atomic E-state index is -0.0444. The van der Waals surface area contributed by atoms with Crippen molar-refractivity contribution >= 4 is 28.7 Å². The van der Waals surface area contributed by atoms with Crippen molar-refractivity contribution in [1.82, 2.24) is 25.5 Å². The monoisotopic (exact) mass is 345 g/mol. The number of aryl methyl sites for hydroxylation is 2. The lowest BCUT2D eigenvalue weighted by Gasteiger charge is -2.06. The number of para-hydroxylation sites is 2. The van der Waals surface area contributed by atoms with Crippen molar-refractivity contribution < 1.29 is 9.21 Å². The molecular weight excluding hydrogens is 326 g/mol. The van der Waals surface area contributed by atoms with Gasteiger partial charge in [-0.2, -0.15) is 0 Å². The Kier molecular flexibility index (Phi) is 5.14. The average Bonchev–Trinajstić information content (AvgIpc) is 3.16. The Morgan fingerprint density at radius 3 is 2.92 bits per heavy atom. The van der Waals surface area contributed by atoms with Gasteiger partial charge in [0.1, 0.15) is 5.82 Å². The Bertz CT molecular complexity index is 794. The summed E-state index contributed by atoms with van der Waals surface area (Å²) in [4.78, 5) is 19.4. The zero-order valence-electron chi connectivity index (χ0n) is 13.6. The van der Waals surface area contributed by atoms with Gasteiger partial charge in [0.05, 0.1) is 16.8 Å². The van der Waals surface area contributed by atoms with E-state index in [9.17, 15) is 4.79 Å². The number of carbonyl (C=O) groups excluding carboxylic acids is 1. The second-order valence-electron chi connectivity index (χ2n) is 5.67. The molecular formula is C16H19N5O2S. The quantitative estimate of drug-likeness (QED) is 0.638. The lowest BCUT2D eigenvalue weighted by atomic mass is 10.3. The van der Waals surface area contributed by atoms with Gasteiger partial charge in [-0.25, -0.2) is 4.98 Å². The number of amides is 1. The summed E-state index contributed by atoms with van der Waals surface area (Å²) >= 11 is 1.24. The molecule has 0 fully saturated rings. The number of rotatable bonds is 7. The smallest absolute Gasteiger partial charge is 0.277 e. The van der Waals surface area contributed by atoms with E-state index in [4.69, 9.17) is 4.42 Å². The van der Waals surface area contributed by atoms with Crippen LogP contribution in [0.2, 0.25) is 0 Å². The third kappa shape index (κ3) is 4.35. The van der Waals surface area contributed by atoms with Gasteiger partial charge in [-0.05, 0) is 26.0 Å². The fraction of sp³-hybridized carbons (Fsp3) is 0.375. The normalized spacial score (nSPS) is 11.3. The van der Waals surface area contributed by atoms with E-state index in [0.29, 0.717) is 24.0 Å². The Hall–Kier alpha value is -2.35. The van der Waals surface area contributed by atoms with Crippen LogP contribution in [-0.4, -0.2) is 37.9 Å². The molecule has 24 heavy (non-hydrogen) atoms. The number of aromatic amines is 1. The summed E-state index contributed by atoms with van der Waals surface area (Å²) < 4.78 is 5.55. The van der Waals surface area contributed by atoms with Crippen LogP contribution in [0.25, 0.3) is 11.0 Å². The van der Waals surface area contributed by atoms with Gasteiger partial charge >= 0.3 is 0 Å². The number of fused-ring (bicyclic) bond motifs is 1. The van der Waals surface area contributed by atoms with Crippen molar-refractivity contribution in [2.45, 2.75) is 38.0 Å². The zero-order valence-corrected chi connectivity index (χ0v) is 14.4. The fourth-order valence-corrected chi connectivity index (χ4v) is 2.83. The molecule has 0 aliphatic heterocycles. The van der Waals surface area contributed by atoms with Crippen molar-refractivity contribution in [3.05, 3.63) is 36.0 Å². The average molecular weight is 345 g/mol. The zero-order chi connectivity index (χ0) is 16.9. The highest BCUT2D eigenvalue weighted by Gasteiger charge is 2.11. The number of H-pyrrole nitrogens is 1.